The Labute approximate surface area is 90.2 Å². The smallest absolute Gasteiger partial charge is 0.0544 e. The lowest BCUT2D eigenvalue weighted by atomic mass is 9.95. The fraction of sp³-hybridized carbons (Fsp3) is 0.636. The standard InChI is InChI=1S/C11H18N4/c12-15-11(7-9-3-1-2-4-9)10-5-6-13-14-8-10/h5-6,8-9,11,15H,1-4,7,12H2. The van der Waals surface area contributed by atoms with Gasteiger partial charge in [0.15, 0.2) is 0 Å². The van der Waals surface area contributed by atoms with Crippen molar-refractivity contribution in [3.63, 3.8) is 0 Å². The third-order valence-corrected chi connectivity index (χ3v) is 3.25. The van der Waals surface area contributed by atoms with Crippen molar-refractivity contribution in [2.75, 3.05) is 0 Å². The van der Waals surface area contributed by atoms with E-state index in [0.717, 1.165) is 17.9 Å². The molecule has 1 aromatic rings. The SMILES string of the molecule is NNC(CC1CCCC1)c1ccnnc1. The van der Waals surface area contributed by atoms with Gasteiger partial charge in [-0.3, -0.25) is 11.3 Å². The minimum absolute atomic E-state index is 0.226. The van der Waals surface area contributed by atoms with E-state index in [2.05, 4.69) is 15.6 Å². The second kappa shape index (κ2) is 5.19. The van der Waals surface area contributed by atoms with Crippen molar-refractivity contribution in [2.45, 2.75) is 38.1 Å². The van der Waals surface area contributed by atoms with Gasteiger partial charge in [-0.05, 0) is 24.0 Å². The van der Waals surface area contributed by atoms with Crippen molar-refractivity contribution in [3.05, 3.63) is 24.0 Å². The summed E-state index contributed by atoms with van der Waals surface area (Å²) >= 11 is 0. The average Bonchev–Trinajstić information content (AvgIpc) is 2.80. The molecule has 0 saturated heterocycles. The van der Waals surface area contributed by atoms with Crippen LogP contribution in [0.15, 0.2) is 18.5 Å². The molecule has 1 saturated carbocycles. The summed E-state index contributed by atoms with van der Waals surface area (Å²) in [6.07, 6.45) is 10.1. The number of nitrogens with zero attached hydrogens (tertiary/aromatic N) is 2. The van der Waals surface area contributed by atoms with Gasteiger partial charge in [-0.25, -0.2) is 0 Å². The second-order valence-corrected chi connectivity index (χ2v) is 4.28. The van der Waals surface area contributed by atoms with Crippen LogP contribution in [0.5, 0.6) is 0 Å². The van der Waals surface area contributed by atoms with Gasteiger partial charge in [-0.2, -0.15) is 10.2 Å². The number of hydrogen-bond donors (Lipinski definition) is 2. The van der Waals surface area contributed by atoms with Crippen molar-refractivity contribution >= 4 is 0 Å². The highest BCUT2D eigenvalue weighted by Gasteiger charge is 2.20. The molecule has 0 radical (unpaired) electrons. The summed E-state index contributed by atoms with van der Waals surface area (Å²) in [4.78, 5) is 0. The van der Waals surface area contributed by atoms with Crippen molar-refractivity contribution in [1.29, 1.82) is 0 Å². The van der Waals surface area contributed by atoms with Crippen LogP contribution in [0.2, 0.25) is 0 Å². The molecule has 0 spiro atoms. The third-order valence-electron chi connectivity index (χ3n) is 3.25. The minimum atomic E-state index is 0.226. The first kappa shape index (κ1) is 10.5. The van der Waals surface area contributed by atoms with Crippen molar-refractivity contribution in [2.24, 2.45) is 11.8 Å². The summed E-state index contributed by atoms with van der Waals surface area (Å²) in [7, 11) is 0. The first-order valence-corrected chi connectivity index (χ1v) is 5.63. The quantitative estimate of drug-likeness (QED) is 0.579. The Balaban J connectivity index is 1.97. The van der Waals surface area contributed by atoms with E-state index in [4.69, 9.17) is 5.84 Å². The van der Waals surface area contributed by atoms with Gasteiger partial charge >= 0.3 is 0 Å². The Morgan fingerprint density at radius 2 is 2.20 bits per heavy atom. The van der Waals surface area contributed by atoms with E-state index in [-0.39, 0.29) is 6.04 Å². The van der Waals surface area contributed by atoms with E-state index >= 15 is 0 Å². The van der Waals surface area contributed by atoms with Crippen molar-refractivity contribution < 1.29 is 0 Å². The average molecular weight is 206 g/mol. The molecule has 0 bridgehead atoms. The van der Waals surface area contributed by atoms with Crippen LogP contribution in [-0.2, 0) is 0 Å². The number of hydrazine groups is 1. The maximum Gasteiger partial charge on any atom is 0.0544 e. The second-order valence-electron chi connectivity index (χ2n) is 4.28. The molecular weight excluding hydrogens is 188 g/mol. The Morgan fingerprint density at radius 3 is 2.80 bits per heavy atom. The summed E-state index contributed by atoms with van der Waals surface area (Å²) < 4.78 is 0. The van der Waals surface area contributed by atoms with Crippen LogP contribution in [0.3, 0.4) is 0 Å². The largest absolute Gasteiger partial charge is 0.271 e. The van der Waals surface area contributed by atoms with Crippen LogP contribution in [0.4, 0.5) is 0 Å². The van der Waals surface area contributed by atoms with Crippen LogP contribution in [0.1, 0.15) is 43.7 Å². The Morgan fingerprint density at radius 1 is 1.40 bits per heavy atom. The molecule has 1 atom stereocenters. The Kier molecular flexibility index (Phi) is 3.64. The van der Waals surface area contributed by atoms with E-state index in [0.29, 0.717) is 0 Å². The van der Waals surface area contributed by atoms with Crippen LogP contribution in [0.25, 0.3) is 0 Å². The number of aromatic nitrogens is 2. The van der Waals surface area contributed by atoms with Crippen molar-refractivity contribution in [3.8, 4) is 0 Å². The van der Waals surface area contributed by atoms with E-state index in [9.17, 15) is 0 Å². The normalized spacial score (nSPS) is 19.3. The van der Waals surface area contributed by atoms with Gasteiger partial charge in [0, 0.05) is 12.2 Å². The molecule has 1 fully saturated rings. The first-order chi connectivity index (χ1) is 7.40. The molecule has 0 aromatic carbocycles. The molecule has 0 aliphatic heterocycles. The predicted octanol–water partition coefficient (Wildman–Crippen LogP) is 1.56. The van der Waals surface area contributed by atoms with Crippen LogP contribution in [0, 0.1) is 5.92 Å². The third kappa shape index (κ3) is 2.73. The van der Waals surface area contributed by atoms with Gasteiger partial charge in [0.1, 0.15) is 0 Å². The topological polar surface area (TPSA) is 63.8 Å². The highest BCUT2D eigenvalue weighted by atomic mass is 15.2. The molecule has 3 N–H and O–H groups in total. The monoisotopic (exact) mass is 206 g/mol. The van der Waals surface area contributed by atoms with Gasteiger partial charge in [-0.1, -0.05) is 25.7 Å². The Hall–Kier alpha value is -1.00. The highest BCUT2D eigenvalue weighted by molar-refractivity contribution is 5.11. The van der Waals surface area contributed by atoms with Gasteiger partial charge < -0.3 is 0 Å². The summed E-state index contributed by atoms with van der Waals surface area (Å²) in [6, 6.07) is 2.20. The fourth-order valence-corrected chi connectivity index (χ4v) is 2.39. The van der Waals surface area contributed by atoms with E-state index in [1.807, 2.05) is 6.07 Å². The van der Waals surface area contributed by atoms with Crippen LogP contribution >= 0.6 is 0 Å². The number of rotatable bonds is 4. The summed E-state index contributed by atoms with van der Waals surface area (Å²) in [5.74, 6) is 6.40. The maximum atomic E-state index is 5.58. The summed E-state index contributed by atoms with van der Waals surface area (Å²) in [6.45, 7) is 0. The zero-order chi connectivity index (χ0) is 10.5. The molecule has 1 unspecified atom stereocenters. The summed E-state index contributed by atoms with van der Waals surface area (Å²) in [5.41, 5.74) is 4.02. The molecule has 4 nitrogen and oxygen atoms in total. The van der Waals surface area contributed by atoms with E-state index in [1.165, 1.54) is 25.7 Å². The molecular formula is C11H18N4. The molecule has 1 aromatic heterocycles. The molecule has 82 valence electrons. The molecule has 1 heterocycles. The maximum absolute atomic E-state index is 5.58. The molecule has 15 heavy (non-hydrogen) atoms. The van der Waals surface area contributed by atoms with Gasteiger partial charge in [0.2, 0.25) is 0 Å². The minimum Gasteiger partial charge on any atom is -0.271 e. The van der Waals surface area contributed by atoms with Gasteiger partial charge in [0.25, 0.3) is 0 Å². The van der Waals surface area contributed by atoms with Crippen molar-refractivity contribution in [1.82, 2.24) is 15.6 Å². The molecule has 4 heteroatoms. The highest BCUT2D eigenvalue weighted by Crippen LogP contribution is 2.32. The van der Waals surface area contributed by atoms with Gasteiger partial charge in [0.05, 0.1) is 6.20 Å². The summed E-state index contributed by atoms with van der Waals surface area (Å²) in [5, 5.41) is 7.66. The lowest BCUT2D eigenvalue weighted by molar-refractivity contribution is 0.399. The van der Waals surface area contributed by atoms with Crippen LogP contribution in [-0.4, -0.2) is 10.2 Å². The van der Waals surface area contributed by atoms with E-state index < -0.39 is 0 Å². The molecule has 1 aliphatic carbocycles. The zero-order valence-corrected chi connectivity index (χ0v) is 8.89. The zero-order valence-electron chi connectivity index (χ0n) is 8.89. The molecule has 1 aliphatic rings. The van der Waals surface area contributed by atoms with Crippen LogP contribution < -0.4 is 11.3 Å². The lowest BCUT2D eigenvalue weighted by Gasteiger charge is -2.19. The lowest BCUT2D eigenvalue weighted by Crippen LogP contribution is -2.29. The predicted molar refractivity (Wildman–Crippen MR) is 58.7 cm³/mol. The van der Waals surface area contributed by atoms with E-state index in [1.54, 1.807) is 12.4 Å². The number of nitrogens with two attached hydrogens (primary N) is 1. The fourth-order valence-electron chi connectivity index (χ4n) is 2.39. The number of nitrogens with one attached hydrogen (secondary N) is 1. The van der Waals surface area contributed by atoms with Gasteiger partial charge in [-0.15, -0.1) is 0 Å². The molecule has 0 amide bonds. The number of hydrogen-bond acceptors (Lipinski definition) is 4. The molecule has 2 rings (SSSR count). The first-order valence-electron chi connectivity index (χ1n) is 5.63. The Bertz CT molecular complexity index is 282.